The van der Waals surface area contributed by atoms with Gasteiger partial charge in [0.25, 0.3) is 0 Å². The standard InChI is InChI=1S/C42H77O12P/c1-4-5-17-23-34(43)27-28-37-38(40(46)30-39(37)45)29-35(44)24-20-21-26-42(48)54-36(32-53-55(49,50)51)31-52-41(47)25-19-16-14-12-10-8-6-7-9-11-13-15-18-22-33(2)3/h27-28,33-34,36-40,43,45-46H,4-26,29-32H2,1-3H3,(H2,49,50,51)/b28-27+/t34-,36+,37+,38+,39+,40-/m0/s1. The summed E-state index contributed by atoms with van der Waals surface area (Å²) in [5, 5.41) is 31.2. The maximum Gasteiger partial charge on any atom is 0.469 e. The van der Waals surface area contributed by atoms with Gasteiger partial charge in [0, 0.05) is 43.9 Å². The Bertz CT molecular complexity index is 1090. The maximum atomic E-state index is 12.8. The Balaban J connectivity index is 2.30. The van der Waals surface area contributed by atoms with Gasteiger partial charge in [0.05, 0.1) is 24.9 Å². The zero-order valence-electron chi connectivity index (χ0n) is 34.3. The monoisotopic (exact) mass is 805 g/mol. The van der Waals surface area contributed by atoms with Crippen molar-refractivity contribution in [3.8, 4) is 0 Å². The molecular weight excluding hydrogens is 727 g/mol. The zero-order valence-corrected chi connectivity index (χ0v) is 35.2. The van der Waals surface area contributed by atoms with Crippen molar-refractivity contribution in [1.29, 1.82) is 0 Å². The smallest absolute Gasteiger partial charge is 0.462 e. The Morgan fingerprint density at radius 3 is 1.82 bits per heavy atom. The van der Waals surface area contributed by atoms with E-state index in [0.29, 0.717) is 25.7 Å². The third-order valence-electron chi connectivity index (χ3n) is 10.4. The molecule has 5 N–H and O–H groups in total. The highest BCUT2D eigenvalue weighted by Crippen LogP contribution is 2.37. The molecule has 0 spiro atoms. The molecule has 0 aromatic rings. The number of Topliss-reactive ketones (excluding diaryl/α,β-unsaturated/α-hetero) is 1. The fraction of sp³-hybridized carbons (Fsp3) is 0.881. The minimum absolute atomic E-state index is 0.0653. The van der Waals surface area contributed by atoms with Crippen molar-refractivity contribution in [3.05, 3.63) is 12.2 Å². The Hall–Kier alpha value is -1.66. The minimum Gasteiger partial charge on any atom is -0.462 e. The second-order valence-corrected chi connectivity index (χ2v) is 17.4. The van der Waals surface area contributed by atoms with E-state index in [1.807, 2.05) is 0 Å². The van der Waals surface area contributed by atoms with Crippen LogP contribution in [0.5, 0.6) is 0 Å². The highest BCUT2D eigenvalue weighted by molar-refractivity contribution is 7.46. The fourth-order valence-corrected chi connectivity index (χ4v) is 7.50. The number of carbonyl (C=O) groups is 3. The van der Waals surface area contributed by atoms with E-state index >= 15 is 0 Å². The molecule has 0 bridgehead atoms. The van der Waals surface area contributed by atoms with Crippen LogP contribution in [0.25, 0.3) is 0 Å². The van der Waals surface area contributed by atoms with Crippen LogP contribution in [0.3, 0.4) is 0 Å². The van der Waals surface area contributed by atoms with E-state index in [4.69, 9.17) is 19.3 Å². The number of phosphoric acid groups is 1. The molecule has 13 heteroatoms. The molecule has 322 valence electrons. The summed E-state index contributed by atoms with van der Waals surface area (Å²) in [6.45, 7) is 5.59. The second-order valence-electron chi connectivity index (χ2n) is 16.1. The minimum atomic E-state index is -4.86. The Morgan fingerprint density at radius 1 is 0.709 bits per heavy atom. The van der Waals surface area contributed by atoms with E-state index in [1.54, 1.807) is 12.2 Å². The van der Waals surface area contributed by atoms with Gasteiger partial charge >= 0.3 is 19.8 Å². The van der Waals surface area contributed by atoms with Crippen molar-refractivity contribution < 1.29 is 58.1 Å². The van der Waals surface area contributed by atoms with Gasteiger partial charge in [-0.1, -0.05) is 136 Å². The van der Waals surface area contributed by atoms with Gasteiger partial charge in [-0.3, -0.25) is 18.9 Å². The molecule has 1 fully saturated rings. The van der Waals surface area contributed by atoms with Gasteiger partial charge in [0.2, 0.25) is 0 Å². The first kappa shape index (κ1) is 51.4. The Morgan fingerprint density at radius 2 is 1.24 bits per heavy atom. The number of aliphatic hydroxyl groups excluding tert-OH is 3. The van der Waals surface area contributed by atoms with E-state index in [1.165, 1.54) is 64.2 Å². The van der Waals surface area contributed by atoms with Gasteiger partial charge in [0.1, 0.15) is 12.4 Å². The summed E-state index contributed by atoms with van der Waals surface area (Å²) in [5.74, 6) is -1.38. The number of carbonyl (C=O) groups excluding carboxylic acids is 3. The van der Waals surface area contributed by atoms with Gasteiger partial charge < -0.3 is 34.6 Å². The Labute approximate surface area is 331 Å². The molecule has 1 saturated carbocycles. The summed E-state index contributed by atoms with van der Waals surface area (Å²) >= 11 is 0. The van der Waals surface area contributed by atoms with Crippen LogP contribution in [0, 0.1) is 17.8 Å². The highest BCUT2D eigenvalue weighted by Gasteiger charge is 2.41. The van der Waals surface area contributed by atoms with Crippen LogP contribution in [0.1, 0.15) is 181 Å². The lowest BCUT2D eigenvalue weighted by Gasteiger charge is -2.20. The van der Waals surface area contributed by atoms with Crippen molar-refractivity contribution in [1.82, 2.24) is 0 Å². The molecule has 1 aliphatic carbocycles. The second kappa shape index (κ2) is 31.3. The maximum absolute atomic E-state index is 12.8. The number of aliphatic hydroxyl groups is 3. The van der Waals surface area contributed by atoms with Crippen LogP contribution in [0.2, 0.25) is 0 Å². The highest BCUT2D eigenvalue weighted by atomic mass is 31.2. The van der Waals surface area contributed by atoms with E-state index in [9.17, 15) is 34.3 Å². The molecule has 0 heterocycles. The van der Waals surface area contributed by atoms with E-state index < -0.39 is 69.2 Å². The normalized spacial score (nSPS) is 19.9. The average molecular weight is 805 g/mol. The average Bonchev–Trinajstić information content (AvgIpc) is 3.38. The largest absolute Gasteiger partial charge is 0.469 e. The summed E-state index contributed by atoms with van der Waals surface area (Å²) in [5.41, 5.74) is 0. The summed E-state index contributed by atoms with van der Waals surface area (Å²) in [7, 11) is -4.86. The van der Waals surface area contributed by atoms with Crippen LogP contribution < -0.4 is 0 Å². The van der Waals surface area contributed by atoms with Gasteiger partial charge in [-0.05, 0) is 31.6 Å². The van der Waals surface area contributed by atoms with Crippen molar-refractivity contribution in [2.24, 2.45) is 17.8 Å². The number of phosphoric ester groups is 1. The lowest BCUT2D eigenvalue weighted by molar-refractivity contribution is -0.161. The first-order valence-electron chi connectivity index (χ1n) is 21.5. The van der Waals surface area contributed by atoms with E-state index in [-0.39, 0.29) is 37.9 Å². The number of ketones is 1. The van der Waals surface area contributed by atoms with E-state index in [2.05, 4.69) is 25.3 Å². The third kappa shape index (κ3) is 28.4. The molecular formula is C42H77O12P. The van der Waals surface area contributed by atoms with Gasteiger partial charge in [-0.25, -0.2) is 4.57 Å². The molecule has 0 radical (unpaired) electrons. The summed E-state index contributed by atoms with van der Waals surface area (Å²) < 4.78 is 26.3. The lowest BCUT2D eigenvalue weighted by Crippen LogP contribution is -2.29. The van der Waals surface area contributed by atoms with E-state index in [0.717, 1.165) is 44.4 Å². The molecule has 6 atom stereocenters. The van der Waals surface area contributed by atoms with Gasteiger partial charge in [0.15, 0.2) is 6.10 Å². The fourth-order valence-electron chi connectivity index (χ4n) is 7.14. The van der Waals surface area contributed by atoms with Crippen molar-refractivity contribution in [3.63, 3.8) is 0 Å². The molecule has 1 rings (SSSR count). The summed E-state index contributed by atoms with van der Waals surface area (Å²) in [6.07, 6.45) is 21.4. The number of ether oxygens (including phenoxy) is 2. The number of unbranched alkanes of at least 4 members (excludes halogenated alkanes) is 15. The zero-order chi connectivity index (χ0) is 40.9. The molecule has 55 heavy (non-hydrogen) atoms. The first-order chi connectivity index (χ1) is 26.2. The summed E-state index contributed by atoms with van der Waals surface area (Å²) in [4.78, 5) is 55.9. The van der Waals surface area contributed by atoms with Gasteiger partial charge in [-0.2, -0.15) is 0 Å². The van der Waals surface area contributed by atoms with Crippen LogP contribution in [0.4, 0.5) is 0 Å². The Kier molecular flexibility index (Phi) is 29.3. The topological polar surface area (TPSA) is 197 Å². The molecule has 0 aromatic carbocycles. The number of hydrogen-bond donors (Lipinski definition) is 5. The number of rotatable bonds is 35. The van der Waals surface area contributed by atoms with Crippen molar-refractivity contribution >= 4 is 25.5 Å². The predicted molar refractivity (Wildman–Crippen MR) is 214 cm³/mol. The molecule has 0 aromatic heterocycles. The van der Waals surface area contributed by atoms with Gasteiger partial charge in [-0.15, -0.1) is 0 Å². The SMILES string of the molecule is CCCCC[C@H](O)/C=C/[C@@H]1[C@@H](CC(=O)CCCCC(=O)O[C@H](COC(=O)CCCCCCCCCCCCCCCC(C)C)COP(=O)(O)O)[C@@H](O)C[C@H]1O. The van der Waals surface area contributed by atoms with Crippen molar-refractivity contribution in [2.45, 2.75) is 206 Å². The van der Waals surface area contributed by atoms with Crippen LogP contribution in [0.15, 0.2) is 12.2 Å². The molecule has 12 nitrogen and oxygen atoms in total. The molecule has 0 saturated heterocycles. The quantitative estimate of drug-likeness (QED) is 0.0178. The molecule has 0 amide bonds. The molecule has 0 aliphatic heterocycles. The van der Waals surface area contributed by atoms with Crippen LogP contribution >= 0.6 is 7.82 Å². The van der Waals surface area contributed by atoms with Crippen LogP contribution in [-0.2, 0) is 32.9 Å². The molecule has 0 unspecified atom stereocenters. The van der Waals surface area contributed by atoms with Crippen LogP contribution in [-0.4, -0.2) is 80.5 Å². The van der Waals surface area contributed by atoms with Crippen molar-refractivity contribution in [2.75, 3.05) is 13.2 Å². The number of esters is 2. The summed E-state index contributed by atoms with van der Waals surface area (Å²) in [6, 6.07) is 0. The molecule has 1 aliphatic rings. The lowest BCUT2D eigenvalue weighted by atomic mass is 9.87. The third-order valence-corrected chi connectivity index (χ3v) is 10.9. The first-order valence-corrected chi connectivity index (χ1v) is 23.0. The number of hydrogen-bond acceptors (Lipinski definition) is 10. The predicted octanol–water partition coefficient (Wildman–Crippen LogP) is 8.43.